The number of morpholine rings is 1. The van der Waals surface area contributed by atoms with Gasteiger partial charge in [0.15, 0.2) is 0 Å². The average Bonchev–Trinajstić information content (AvgIpc) is 2.82. The van der Waals surface area contributed by atoms with E-state index >= 15 is 0 Å². The van der Waals surface area contributed by atoms with E-state index in [0.717, 1.165) is 4.31 Å². The Morgan fingerprint density at radius 3 is 2.19 bits per heavy atom. The molecule has 1 aliphatic rings. The van der Waals surface area contributed by atoms with E-state index in [1.165, 1.54) is 28.6 Å². The van der Waals surface area contributed by atoms with Gasteiger partial charge in [0.2, 0.25) is 26.0 Å². The summed E-state index contributed by atoms with van der Waals surface area (Å²) in [6.45, 7) is 3.05. The lowest BCUT2D eigenvalue weighted by molar-refractivity contribution is -0.121. The predicted molar refractivity (Wildman–Crippen MR) is 119 cm³/mol. The molecule has 0 atom stereocenters. The molecule has 0 aromatic heterocycles. The van der Waals surface area contributed by atoms with Crippen molar-refractivity contribution in [3.05, 3.63) is 60.2 Å². The lowest BCUT2D eigenvalue weighted by atomic mass is 10.2. The first-order valence-electron chi connectivity index (χ1n) is 10.2. The summed E-state index contributed by atoms with van der Waals surface area (Å²) < 4.78 is 58.5. The smallest absolute Gasteiger partial charge is 0.243 e. The van der Waals surface area contributed by atoms with Crippen molar-refractivity contribution < 1.29 is 26.4 Å². The minimum atomic E-state index is -3.77. The topological polar surface area (TPSA) is 113 Å². The largest absolute Gasteiger partial charge is 0.379 e. The second-order valence-corrected chi connectivity index (χ2v) is 11.1. The number of hydrogen-bond acceptors (Lipinski definition) is 6. The SMILES string of the molecule is CCN(CC(=O)NCc1ccc(S(=O)(=O)N2CCOCC2)cc1)S(=O)(=O)c1ccccc1. The molecule has 0 unspecified atom stereocenters. The van der Waals surface area contributed by atoms with Crippen molar-refractivity contribution in [2.24, 2.45) is 0 Å². The Morgan fingerprint density at radius 2 is 1.59 bits per heavy atom. The van der Waals surface area contributed by atoms with E-state index in [4.69, 9.17) is 4.74 Å². The van der Waals surface area contributed by atoms with Crippen LogP contribution in [0, 0.1) is 0 Å². The summed E-state index contributed by atoms with van der Waals surface area (Å²) in [7, 11) is -7.35. The molecule has 9 nitrogen and oxygen atoms in total. The predicted octanol–water partition coefficient (Wildman–Crippen LogP) is 1.03. The first-order valence-corrected chi connectivity index (χ1v) is 13.1. The maximum atomic E-state index is 12.7. The Balaban J connectivity index is 1.58. The molecule has 1 amide bonds. The van der Waals surface area contributed by atoms with Crippen LogP contribution in [0.25, 0.3) is 0 Å². The molecule has 0 spiro atoms. The highest BCUT2D eigenvalue weighted by atomic mass is 32.2. The molecule has 0 saturated carbocycles. The zero-order valence-corrected chi connectivity index (χ0v) is 19.4. The van der Waals surface area contributed by atoms with Gasteiger partial charge >= 0.3 is 0 Å². The lowest BCUT2D eigenvalue weighted by Gasteiger charge is -2.26. The van der Waals surface area contributed by atoms with E-state index in [2.05, 4.69) is 5.32 Å². The fourth-order valence-corrected chi connectivity index (χ4v) is 6.07. The molecule has 2 aromatic rings. The van der Waals surface area contributed by atoms with Gasteiger partial charge in [-0.3, -0.25) is 4.79 Å². The molecule has 11 heteroatoms. The van der Waals surface area contributed by atoms with Crippen LogP contribution in [0.3, 0.4) is 0 Å². The number of likely N-dealkylation sites (N-methyl/N-ethyl adjacent to an activating group) is 1. The zero-order chi connectivity index (χ0) is 23.2. The van der Waals surface area contributed by atoms with Crippen molar-refractivity contribution in [3.63, 3.8) is 0 Å². The average molecular weight is 482 g/mol. The maximum Gasteiger partial charge on any atom is 0.243 e. The van der Waals surface area contributed by atoms with Gasteiger partial charge in [-0.25, -0.2) is 16.8 Å². The van der Waals surface area contributed by atoms with Crippen LogP contribution in [0.5, 0.6) is 0 Å². The Kier molecular flexibility index (Phi) is 8.01. The van der Waals surface area contributed by atoms with Crippen LogP contribution >= 0.6 is 0 Å². The van der Waals surface area contributed by atoms with Crippen LogP contribution in [0.1, 0.15) is 12.5 Å². The number of sulfonamides is 2. The van der Waals surface area contributed by atoms with Crippen molar-refractivity contribution >= 4 is 26.0 Å². The number of carbonyl (C=O) groups is 1. The lowest BCUT2D eigenvalue weighted by Crippen LogP contribution is -2.40. The highest BCUT2D eigenvalue weighted by molar-refractivity contribution is 7.89. The van der Waals surface area contributed by atoms with Crippen molar-refractivity contribution in [1.29, 1.82) is 0 Å². The van der Waals surface area contributed by atoms with Gasteiger partial charge in [-0.2, -0.15) is 8.61 Å². The standard InChI is InChI=1S/C21H27N3O6S2/c1-2-23(31(26,27)19-6-4-3-5-7-19)17-21(25)22-16-18-8-10-20(11-9-18)32(28,29)24-12-14-30-15-13-24/h3-11H,2,12-17H2,1H3,(H,22,25). The highest BCUT2D eigenvalue weighted by Crippen LogP contribution is 2.18. The molecule has 1 aliphatic heterocycles. The molecule has 0 radical (unpaired) electrons. The second kappa shape index (κ2) is 10.5. The van der Waals surface area contributed by atoms with Gasteiger partial charge in [0.05, 0.1) is 29.5 Å². The maximum absolute atomic E-state index is 12.7. The van der Waals surface area contributed by atoms with E-state index in [-0.39, 0.29) is 29.4 Å². The molecule has 2 aromatic carbocycles. The number of nitrogens with one attached hydrogen (secondary N) is 1. The van der Waals surface area contributed by atoms with Crippen LogP contribution in [-0.4, -0.2) is 70.7 Å². The molecule has 1 heterocycles. The van der Waals surface area contributed by atoms with Crippen molar-refractivity contribution in [2.75, 3.05) is 39.4 Å². The third-order valence-electron chi connectivity index (χ3n) is 5.07. The van der Waals surface area contributed by atoms with Crippen LogP contribution in [-0.2, 0) is 36.1 Å². The molecular weight excluding hydrogens is 454 g/mol. The minimum absolute atomic E-state index is 0.131. The van der Waals surface area contributed by atoms with Gasteiger partial charge in [0.1, 0.15) is 0 Å². The third kappa shape index (κ3) is 5.73. The fraction of sp³-hybridized carbons (Fsp3) is 0.381. The summed E-state index contributed by atoms with van der Waals surface area (Å²) in [6.07, 6.45) is 0. The number of ether oxygens (including phenoxy) is 1. The van der Waals surface area contributed by atoms with Crippen molar-refractivity contribution in [2.45, 2.75) is 23.3 Å². The number of hydrogen-bond donors (Lipinski definition) is 1. The van der Waals surface area contributed by atoms with Gasteiger partial charge in [0, 0.05) is 26.2 Å². The summed E-state index contributed by atoms with van der Waals surface area (Å²) in [5, 5.41) is 2.69. The number of nitrogens with zero attached hydrogens (tertiary/aromatic N) is 2. The Hall–Kier alpha value is -2.31. The summed E-state index contributed by atoms with van der Waals surface area (Å²) >= 11 is 0. The number of rotatable bonds is 9. The van der Waals surface area contributed by atoms with E-state index in [1.807, 2.05) is 0 Å². The molecule has 3 rings (SSSR count). The minimum Gasteiger partial charge on any atom is -0.379 e. The van der Waals surface area contributed by atoms with Crippen molar-refractivity contribution in [3.8, 4) is 0 Å². The Labute approximate surface area is 189 Å². The molecule has 1 fully saturated rings. The van der Waals surface area contributed by atoms with E-state index in [1.54, 1.807) is 37.3 Å². The Bertz CT molecular complexity index is 1110. The summed E-state index contributed by atoms with van der Waals surface area (Å²) in [4.78, 5) is 12.7. The van der Waals surface area contributed by atoms with Crippen molar-refractivity contribution in [1.82, 2.24) is 13.9 Å². The molecule has 1 saturated heterocycles. The normalized spacial score (nSPS) is 15.6. The van der Waals surface area contributed by atoms with Gasteiger partial charge in [-0.1, -0.05) is 37.3 Å². The molecule has 174 valence electrons. The van der Waals surface area contributed by atoms with Crippen LogP contribution in [0.2, 0.25) is 0 Å². The van der Waals surface area contributed by atoms with Gasteiger partial charge in [0.25, 0.3) is 0 Å². The number of carbonyl (C=O) groups excluding carboxylic acids is 1. The molecular formula is C21H27N3O6S2. The molecule has 0 aliphatic carbocycles. The molecule has 1 N–H and O–H groups in total. The summed E-state index contributed by atoms with van der Waals surface area (Å²) in [5.74, 6) is -0.448. The van der Waals surface area contributed by atoms with E-state index < -0.39 is 26.0 Å². The van der Waals surface area contributed by atoms with Crippen LogP contribution in [0.4, 0.5) is 0 Å². The summed E-state index contributed by atoms with van der Waals surface area (Å²) in [6, 6.07) is 14.2. The zero-order valence-electron chi connectivity index (χ0n) is 17.8. The fourth-order valence-electron chi connectivity index (χ4n) is 3.24. The number of benzene rings is 2. The first-order chi connectivity index (χ1) is 15.2. The van der Waals surface area contributed by atoms with Crippen LogP contribution < -0.4 is 5.32 Å². The highest BCUT2D eigenvalue weighted by Gasteiger charge is 2.27. The molecule has 32 heavy (non-hydrogen) atoms. The Morgan fingerprint density at radius 1 is 0.969 bits per heavy atom. The quantitative estimate of drug-likeness (QED) is 0.573. The van der Waals surface area contributed by atoms with Gasteiger partial charge in [-0.15, -0.1) is 0 Å². The van der Waals surface area contributed by atoms with E-state index in [0.29, 0.717) is 31.9 Å². The number of amides is 1. The first kappa shape index (κ1) is 24.3. The van der Waals surface area contributed by atoms with Gasteiger partial charge in [-0.05, 0) is 29.8 Å². The summed E-state index contributed by atoms with van der Waals surface area (Å²) in [5.41, 5.74) is 0.702. The van der Waals surface area contributed by atoms with Gasteiger partial charge < -0.3 is 10.1 Å². The molecule has 0 bridgehead atoms. The van der Waals surface area contributed by atoms with E-state index in [9.17, 15) is 21.6 Å². The third-order valence-corrected chi connectivity index (χ3v) is 8.92. The second-order valence-electron chi connectivity index (χ2n) is 7.18. The van der Waals surface area contributed by atoms with Crippen LogP contribution in [0.15, 0.2) is 64.4 Å². The monoisotopic (exact) mass is 481 g/mol.